The van der Waals surface area contributed by atoms with E-state index in [-0.39, 0.29) is 22.3 Å². The van der Waals surface area contributed by atoms with Gasteiger partial charge in [0.25, 0.3) is 5.91 Å². The standard InChI is InChI=1S/C17H21ClFN5O/c1-23-8-3-2-5-12(10-23)9-20-17(25)14-11-24(22-21-14)15-7-4-6-13(18)16(15)19/h4,6-7,11-12H,2-3,5,8-10H2,1H3,(H,20,25). The molecule has 2 heterocycles. The summed E-state index contributed by atoms with van der Waals surface area (Å²) in [5.41, 5.74) is 0.311. The SMILES string of the molecule is CN1CCCCC(CNC(=O)c2cn(-c3cccc(Cl)c3F)nn2)C1. The van der Waals surface area contributed by atoms with E-state index < -0.39 is 5.82 Å². The molecule has 1 saturated heterocycles. The summed E-state index contributed by atoms with van der Waals surface area (Å²) >= 11 is 5.77. The Labute approximate surface area is 151 Å². The summed E-state index contributed by atoms with van der Waals surface area (Å²) in [6, 6.07) is 4.60. The van der Waals surface area contributed by atoms with Crippen LogP contribution in [0.3, 0.4) is 0 Å². The van der Waals surface area contributed by atoms with Gasteiger partial charge in [0.05, 0.1) is 11.2 Å². The molecule has 1 aromatic carbocycles. The Morgan fingerprint density at radius 1 is 1.44 bits per heavy atom. The highest BCUT2D eigenvalue weighted by molar-refractivity contribution is 6.30. The molecule has 0 saturated carbocycles. The molecule has 1 amide bonds. The molecule has 0 radical (unpaired) electrons. The fourth-order valence-corrected chi connectivity index (χ4v) is 3.26. The largest absolute Gasteiger partial charge is 0.350 e. The number of nitrogens with one attached hydrogen (secondary N) is 1. The van der Waals surface area contributed by atoms with Crippen molar-refractivity contribution in [1.29, 1.82) is 0 Å². The Balaban J connectivity index is 1.63. The smallest absolute Gasteiger partial charge is 0.273 e. The van der Waals surface area contributed by atoms with Gasteiger partial charge in [-0.05, 0) is 44.5 Å². The van der Waals surface area contributed by atoms with Gasteiger partial charge in [-0.15, -0.1) is 5.10 Å². The lowest BCUT2D eigenvalue weighted by Crippen LogP contribution is -2.34. The molecular weight excluding hydrogens is 345 g/mol. The average Bonchev–Trinajstić information content (AvgIpc) is 2.99. The minimum atomic E-state index is -0.595. The molecule has 8 heteroatoms. The van der Waals surface area contributed by atoms with Gasteiger partial charge in [-0.2, -0.15) is 0 Å². The summed E-state index contributed by atoms with van der Waals surface area (Å²) in [4.78, 5) is 14.6. The van der Waals surface area contributed by atoms with Crippen LogP contribution in [0.1, 0.15) is 29.8 Å². The monoisotopic (exact) mass is 365 g/mol. The average molecular weight is 366 g/mol. The molecule has 1 aliphatic heterocycles. The molecule has 25 heavy (non-hydrogen) atoms. The summed E-state index contributed by atoms with van der Waals surface area (Å²) < 4.78 is 15.3. The first-order valence-corrected chi connectivity index (χ1v) is 8.76. The zero-order valence-corrected chi connectivity index (χ0v) is 14.8. The van der Waals surface area contributed by atoms with Crippen molar-refractivity contribution in [3.8, 4) is 5.69 Å². The highest BCUT2D eigenvalue weighted by atomic mass is 35.5. The third kappa shape index (κ3) is 4.35. The van der Waals surface area contributed by atoms with Crippen LogP contribution in [0.4, 0.5) is 4.39 Å². The summed E-state index contributed by atoms with van der Waals surface area (Å²) in [6.45, 7) is 2.67. The Morgan fingerprint density at radius 2 is 2.28 bits per heavy atom. The van der Waals surface area contributed by atoms with Crippen LogP contribution in [0.25, 0.3) is 5.69 Å². The summed E-state index contributed by atoms with van der Waals surface area (Å²) in [5, 5.41) is 10.6. The van der Waals surface area contributed by atoms with Crippen LogP contribution >= 0.6 is 11.6 Å². The number of benzene rings is 1. The molecule has 1 aliphatic rings. The number of carbonyl (C=O) groups is 1. The van der Waals surface area contributed by atoms with Gasteiger partial charge in [-0.3, -0.25) is 4.79 Å². The number of halogens is 2. The Bertz CT molecular complexity index is 750. The lowest BCUT2D eigenvalue weighted by Gasteiger charge is -2.19. The Hall–Kier alpha value is -1.99. The second-order valence-electron chi connectivity index (χ2n) is 6.46. The van der Waals surface area contributed by atoms with Gasteiger partial charge in [-0.1, -0.05) is 29.3 Å². The minimum Gasteiger partial charge on any atom is -0.350 e. The van der Waals surface area contributed by atoms with Crippen LogP contribution in [-0.4, -0.2) is 52.5 Å². The number of likely N-dealkylation sites (tertiary alicyclic amines) is 1. The first kappa shape index (κ1) is 17.8. The zero-order valence-electron chi connectivity index (χ0n) is 14.1. The number of aromatic nitrogens is 3. The molecule has 1 unspecified atom stereocenters. The molecule has 0 spiro atoms. The maximum absolute atomic E-state index is 14.0. The van der Waals surface area contributed by atoms with Gasteiger partial charge in [-0.25, -0.2) is 9.07 Å². The number of hydrogen-bond donors (Lipinski definition) is 1. The predicted molar refractivity (Wildman–Crippen MR) is 93.5 cm³/mol. The molecule has 2 aromatic rings. The molecule has 1 fully saturated rings. The van der Waals surface area contributed by atoms with E-state index in [0.717, 1.165) is 19.5 Å². The molecular formula is C17H21ClFN5O. The number of nitrogens with zero attached hydrogens (tertiary/aromatic N) is 4. The van der Waals surface area contributed by atoms with Crippen molar-refractivity contribution in [3.63, 3.8) is 0 Å². The second kappa shape index (κ2) is 7.93. The van der Waals surface area contributed by atoms with E-state index in [9.17, 15) is 9.18 Å². The van der Waals surface area contributed by atoms with Crippen LogP contribution in [0.2, 0.25) is 5.02 Å². The van der Waals surface area contributed by atoms with Gasteiger partial charge in [0.2, 0.25) is 0 Å². The lowest BCUT2D eigenvalue weighted by molar-refractivity contribution is 0.0939. The van der Waals surface area contributed by atoms with Crippen LogP contribution in [0.5, 0.6) is 0 Å². The summed E-state index contributed by atoms with van der Waals surface area (Å²) in [6.07, 6.45) is 4.88. The van der Waals surface area contributed by atoms with Crippen molar-refractivity contribution in [2.45, 2.75) is 19.3 Å². The molecule has 1 atom stereocenters. The second-order valence-corrected chi connectivity index (χ2v) is 6.86. The molecule has 0 aliphatic carbocycles. The van der Waals surface area contributed by atoms with Gasteiger partial charge in [0.1, 0.15) is 5.69 Å². The van der Waals surface area contributed by atoms with Crippen molar-refractivity contribution in [1.82, 2.24) is 25.2 Å². The maximum Gasteiger partial charge on any atom is 0.273 e. The first-order valence-electron chi connectivity index (χ1n) is 8.38. The highest BCUT2D eigenvalue weighted by Gasteiger charge is 2.19. The van der Waals surface area contributed by atoms with Crippen LogP contribution < -0.4 is 5.32 Å². The number of hydrogen-bond acceptors (Lipinski definition) is 4. The topological polar surface area (TPSA) is 63.1 Å². The van der Waals surface area contributed by atoms with Gasteiger partial charge in [0.15, 0.2) is 11.5 Å². The Morgan fingerprint density at radius 3 is 3.12 bits per heavy atom. The van der Waals surface area contributed by atoms with E-state index in [0.29, 0.717) is 12.5 Å². The van der Waals surface area contributed by atoms with E-state index >= 15 is 0 Å². The molecule has 134 valence electrons. The molecule has 1 N–H and O–H groups in total. The number of carbonyl (C=O) groups excluding carboxylic acids is 1. The summed E-state index contributed by atoms with van der Waals surface area (Å²) in [7, 11) is 2.10. The lowest BCUT2D eigenvalue weighted by atomic mass is 10.0. The van der Waals surface area contributed by atoms with Crippen LogP contribution in [0.15, 0.2) is 24.4 Å². The van der Waals surface area contributed by atoms with Crippen LogP contribution in [-0.2, 0) is 0 Å². The summed E-state index contributed by atoms with van der Waals surface area (Å²) in [5.74, 6) is -0.472. The van der Waals surface area contributed by atoms with Gasteiger partial charge in [0, 0.05) is 13.1 Å². The fourth-order valence-electron chi connectivity index (χ4n) is 3.09. The predicted octanol–water partition coefficient (Wildman–Crippen LogP) is 2.52. The van der Waals surface area contributed by atoms with Crippen molar-refractivity contribution >= 4 is 17.5 Å². The quantitative estimate of drug-likeness (QED) is 0.904. The van der Waals surface area contributed by atoms with Crippen molar-refractivity contribution in [2.75, 3.05) is 26.7 Å². The third-order valence-corrected chi connectivity index (χ3v) is 4.72. The normalized spacial score (nSPS) is 18.8. The van der Waals surface area contributed by atoms with Crippen molar-refractivity contribution in [3.05, 3.63) is 40.9 Å². The number of rotatable bonds is 4. The molecule has 0 bridgehead atoms. The van der Waals surface area contributed by atoms with E-state index in [2.05, 4.69) is 27.6 Å². The van der Waals surface area contributed by atoms with E-state index in [1.807, 2.05) is 0 Å². The maximum atomic E-state index is 14.0. The zero-order chi connectivity index (χ0) is 17.8. The molecule has 3 rings (SSSR count). The first-order chi connectivity index (χ1) is 12.0. The number of amides is 1. The fraction of sp³-hybridized carbons (Fsp3) is 0.471. The molecule has 6 nitrogen and oxygen atoms in total. The van der Waals surface area contributed by atoms with Gasteiger partial charge >= 0.3 is 0 Å². The minimum absolute atomic E-state index is 0.00325. The Kier molecular flexibility index (Phi) is 5.65. The van der Waals surface area contributed by atoms with Crippen LogP contribution in [0, 0.1) is 11.7 Å². The van der Waals surface area contributed by atoms with E-state index in [4.69, 9.17) is 11.6 Å². The van der Waals surface area contributed by atoms with Crippen molar-refractivity contribution in [2.24, 2.45) is 5.92 Å². The van der Waals surface area contributed by atoms with Crippen molar-refractivity contribution < 1.29 is 9.18 Å². The van der Waals surface area contributed by atoms with E-state index in [1.54, 1.807) is 6.07 Å². The van der Waals surface area contributed by atoms with Gasteiger partial charge < -0.3 is 10.2 Å². The third-order valence-electron chi connectivity index (χ3n) is 4.43. The molecule has 1 aromatic heterocycles. The van der Waals surface area contributed by atoms with E-state index in [1.165, 1.54) is 35.9 Å². The highest BCUT2D eigenvalue weighted by Crippen LogP contribution is 2.20.